The zero-order chi connectivity index (χ0) is 40.0. The van der Waals surface area contributed by atoms with E-state index in [-0.39, 0.29) is 19.1 Å². The number of nitrogens with one attached hydrogen (secondary N) is 1. The summed E-state index contributed by atoms with van der Waals surface area (Å²) in [6.45, 7) is 4.72. The first-order valence-electron chi connectivity index (χ1n) is 23.0. The van der Waals surface area contributed by atoms with Gasteiger partial charge in [0.25, 0.3) is 7.82 Å². The minimum Gasteiger partial charge on any atom is -0.756 e. The van der Waals surface area contributed by atoms with Gasteiger partial charge >= 0.3 is 0 Å². The quantitative estimate of drug-likeness (QED) is 0.0276. The maximum Gasteiger partial charge on any atom is 0.268 e. The summed E-state index contributed by atoms with van der Waals surface area (Å²) in [5.41, 5.74) is 0. The number of allylic oxidation sites excluding steroid dienone is 2. The first-order valence-corrected chi connectivity index (χ1v) is 24.5. The molecule has 0 heterocycles. The molecular weight excluding hydrogens is 695 g/mol. The lowest BCUT2D eigenvalue weighted by molar-refractivity contribution is -0.870. The van der Waals surface area contributed by atoms with Gasteiger partial charge in [0, 0.05) is 6.42 Å². The Morgan fingerprint density at radius 3 is 1.44 bits per heavy atom. The number of amides is 1. The van der Waals surface area contributed by atoms with Crippen LogP contribution in [0, 0.1) is 0 Å². The number of likely N-dealkylation sites (N-methyl/N-ethyl adjacent to an activating group) is 1. The molecule has 0 aromatic rings. The summed E-state index contributed by atoms with van der Waals surface area (Å²) < 4.78 is 23.3. The largest absolute Gasteiger partial charge is 0.756 e. The molecule has 0 aliphatic rings. The topological polar surface area (TPSA) is 108 Å². The van der Waals surface area contributed by atoms with E-state index in [0.717, 1.165) is 38.5 Å². The third kappa shape index (κ3) is 39.5. The van der Waals surface area contributed by atoms with Crippen LogP contribution >= 0.6 is 7.82 Å². The predicted octanol–water partition coefficient (Wildman–Crippen LogP) is 12.1. The standard InChI is InChI=1S/C45H91N2O6P/c1-6-8-10-12-14-16-18-20-22-23-25-27-29-31-33-35-37-39-45(49)46-43(42-53-54(50,51)52-41-40-47(3,4)5)44(48)38-36-34-32-30-28-26-24-21-19-17-15-13-11-9-7-2/h20,22,43-44,48H,6-19,21,23-42H2,1-5H3,(H-,46,49,50,51)/b22-20+/t43-,44+/m0/s1. The molecule has 8 nitrogen and oxygen atoms in total. The summed E-state index contributed by atoms with van der Waals surface area (Å²) in [5.74, 6) is -0.168. The maximum absolute atomic E-state index is 12.9. The maximum atomic E-state index is 12.9. The highest BCUT2D eigenvalue weighted by Crippen LogP contribution is 2.38. The number of aliphatic hydroxyl groups excluding tert-OH is 1. The minimum absolute atomic E-state index is 0.0132. The monoisotopic (exact) mass is 787 g/mol. The van der Waals surface area contributed by atoms with Crippen LogP contribution in [0.4, 0.5) is 0 Å². The van der Waals surface area contributed by atoms with Crippen LogP contribution in [-0.4, -0.2) is 68.5 Å². The van der Waals surface area contributed by atoms with E-state index in [1.54, 1.807) is 0 Å². The van der Waals surface area contributed by atoms with E-state index in [2.05, 4.69) is 31.3 Å². The van der Waals surface area contributed by atoms with Crippen molar-refractivity contribution in [3.63, 3.8) is 0 Å². The fourth-order valence-electron chi connectivity index (χ4n) is 6.80. The molecule has 0 spiro atoms. The SMILES string of the molecule is CCCCCCCC/C=C/CCCCCCCCCC(=O)N[C@@H](COP(=O)([O-])OCC[N+](C)(C)C)[C@H](O)CCCCCCCCCCCCCCCCC. The van der Waals surface area contributed by atoms with Crippen molar-refractivity contribution in [2.24, 2.45) is 0 Å². The van der Waals surface area contributed by atoms with Crippen LogP contribution < -0.4 is 10.2 Å². The second kappa shape index (κ2) is 37.8. The molecule has 54 heavy (non-hydrogen) atoms. The molecule has 0 aliphatic heterocycles. The van der Waals surface area contributed by atoms with E-state index < -0.39 is 20.0 Å². The van der Waals surface area contributed by atoms with Gasteiger partial charge in [-0.3, -0.25) is 9.36 Å². The highest BCUT2D eigenvalue weighted by molar-refractivity contribution is 7.45. The lowest BCUT2D eigenvalue weighted by Gasteiger charge is -2.30. The Kier molecular flexibility index (Phi) is 37.3. The van der Waals surface area contributed by atoms with Crippen LogP contribution in [0.1, 0.15) is 219 Å². The summed E-state index contributed by atoms with van der Waals surface area (Å²) in [7, 11) is 1.31. The summed E-state index contributed by atoms with van der Waals surface area (Å²) >= 11 is 0. The Bertz CT molecular complexity index is 896. The number of nitrogens with zero attached hydrogens (tertiary/aromatic N) is 1. The number of hydrogen-bond acceptors (Lipinski definition) is 6. The molecule has 2 N–H and O–H groups in total. The Balaban J connectivity index is 4.34. The first-order chi connectivity index (χ1) is 26.0. The van der Waals surface area contributed by atoms with Crippen molar-refractivity contribution in [2.75, 3.05) is 40.9 Å². The fraction of sp³-hybridized carbons (Fsp3) is 0.933. The number of aliphatic hydroxyl groups is 1. The lowest BCUT2D eigenvalue weighted by Crippen LogP contribution is -2.46. The van der Waals surface area contributed by atoms with Crippen LogP contribution in [-0.2, 0) is 18.4 Å². The first kappa shape index (κ1) is 53.2. The van der Waals surface area contributed by atoms with E-state index >= 15 is 0 Å². The van der Waals surface area contributed by atoms with Gasteiger partial charge in [-0.25, -0.2) is 0 Å². The number of rotatable bonds is 42. The molecule has 0 saturated carbocycles. The van der Waals surface area contributed by atoms with Gasteiger partial charge in [-0.2, -0.15) is 0 Å². The van der Waals surface area contributed by atoms with Crippen LogP contribution in [0.5, 0.6) is 0 Å². The van der Waals surface area contributed by atoms with Crippen molar-refractivity contribution >= 4 is 13.7 Å². The average molecular weight is 787 g/mol. The van der Waals surface area contributed by atoms with Gasteiger partial charge in [-0.15, -0.1) is 0 Å². The normalized spacial score (nSPS) is 14.4. The molecule has 0 bridgehead atoms. The molecule has 0 aliphatic carbocycles. The van der Waals surface area contributed by atoms with E-state index in [4.69, 9.17) is 9.05 Å². The van der Waals surface area contributed by atoms with E-state index in [1.807, 2.05) is 21.1 Å². The number of carbonyl (C=O) groups excluding carboxylic acids is 1. The molecule has 9 heteroatoms. The molecule has 0 aromatic heterocycles. The number of quaternary nitrogens is 1. The zero-order valence-corrected chi connectivity index (χ0v) is 37.3. The van der Waals surface area contributed by atoms with E-state index in [1.165, 1.54) is 154 Å². The van der Waals surface area contributed by atoms with Crippen molar-refractivity contribution in [2.45, 2.75) is 231 Å². The van der Waals surface area contributed by atoms with Crippen molar-refractivity contribution in [1.82, 2.24) is 5.32 Å². The molecule has 0 rings (SSSR count). The fourth-order valence-corrected chi connectivity index (χ4v) is 7.52. The highest BCUT2D eigenvalue weighted by Gasteiger charge is 2.24. The highest BCUT2D eigenvalue weighted by atomic mass is 31.2. The molecule has 0 aromatic carbocycles. The molecule has 0 fully saturated rings. The lowest BCUT2D eigenvalue weighted by atomic mass is 10.0. The van der Waals surface area contributed by atoms with Crippen LogP contribution in [0.25, 0.3) is 0 Å². The Morgan fingerprint density at radius 2 is 1.02 bits per heavy atom. The third-order valence-electron chi connectivity index (χ3n) is 10.5. The Labute approximate surface area is 335 Å². The second-order valence-electron chi connectivity index (χ2n) is 17.1. The van der Waals surface area contributed by atoms with Crippen LogP contribution in [0.3, 0.4) is 0 Å². The van der Waals surface area contributed by atoms with Crippen molar-refractivity contribution < 1.29 is 32.9 Å². The predicted molar refractivity (Wildman–Crippen MR) is 229 cm³/mol. The molecule has 3 atom stereocenters. The number of phosphoric acid groups is 1. The van der Waals surface area contributed by atoms with Crippen LogP contribution in [0.15, 0.2) is 12.2 Å². The third-order valence-corrected chi connectivity index (χ3v) is 11.5. The van der Waals surface area contributed by atoms with Gasteiger partial charge < -0.3 is 28.8 Å². The summed E-state index contributed by atoms with van der Waals surface area (Å²) in [6.07, 6.45) is 42.0. The molecule has 322 valence electrons. The Morgan fingerprint density at radius 1 is 0.630 bits per heavy atom. The molecular formula is C45H91N2O6P. The van der Waals surface area contributed by atoms with Gasteiger partial charge in [0.05, 0.1) is 39.9 Å². The number of hydrogen-bond donors (Lipinski definition) is 2. The van der Waals surface area contributed by atoms with Gasteiger partial charge in [-0.1, -0.05) is 187 Å². The Hall–Kier alpha value is -0.760. The minimum atomic E-state index is -4.56. The molecule has 0 saturated heterocycles. The van der Waals surface area contributed by atoms with Gasteiger partial charge in [0.2, 0.25) is 5.91 Å². The number of carbonyl (C=O) groups is 1. The summed E-state index contributed by atoms with van der Waals surface area (Å²) in [4.78, 5) is 25.3. The van der Waals surface area contributed by atoms with E-state index in [0.29, 0.717) is 23.9 Å². The van der Waals surface area contributed by atoms with Crippen molar-refractivity contribution in [3.05, 3.63) is 12.2 Å². The van der Waals surface area contributed by atoms with Crippen LogP contribution in [0.2, 0.25) is 0 Å². The molecule has 1 amide bonds. The zero-order valence-electron chi connectivity index (χ0n) is 36.4. The summed E-state index contributed by atoms with van der Waals surface area (Å²) in [6, 6.07) is -0.798. The average Bonchev–Trinajstić information content (AvgIpc) is 3.12. The van der Waals surface area contributed by atoms with Crippen molar-refractivity contribution in [3.8, 4) is 0 Å². The van der Waals surface area contributed by atoms with Crippen molar-refractivity contribution in [1.29, 1.82) is 0 Å². The molecule has 1 unspecified atom stereocenters. The summed E-state index contributed by atoms with van der Waals surface area (Å²) in [5, 5.41) is 13.9. The van der Waals surface area contributed by atoms with Gasteiger partial charge in [0.15, 0.2) is 0 Å². The smallest absolute Gasteiger partial charge is 0.268 e. The number of unbranched alkanes of at least 4 members (excludes halogenated alkanes) is 27. The molecule has 0 radical (unpaired) electrons. The van der Waals surface area contributed by atoms with Gasteiger partial charge in [0.1, 0.15) is 13.2 Å². The second-order valence-corrected chi connectivity index (χ2v) is 18.5. The number of phosphoric ester groups is 1. The van der Waals surface area contributed by atoms with Gasteiger partial charge in [-0.05, 0) is 38.5 Å². The van der Waals surface area contributed by atoms with E-state index in [9.17, 15) is 19.4 Å².